The quantitative estimate of drug-likeness (QED) is 0.373. The maximum atomic E-state index is 12.2. The topological polar surface area (TPSA) is 122 Å². The molecule has 0 aromatic heterocycles. The van der Waals surface area contributed by atoms with Crippen LogP contribution < -0.4 is 19.1 Å². The number of benzene rings is 2. The van der Waals surface area contributed by atoms with Gasteiger partial charge in [0.15, 0.2) is 0 Å². The van der Waals surface area contributed by atoms with Crippen LogP contribution in [0.2, 0.25) is 0 Å². The van der Waals surface area contributed by atoms with E-state index in [2.05, 4.69) is 5.32 Å². The molecule has 0 atom stereocenters. The first kappa shape index (κ1) is 28.4. The van der Waals surface area contributed by atoms with E-state index in [0.29, 0.717) is 30.2 Å². The smallest absolute Gasteiger partial charge is 0.242 e. The molecule has 35 heavy (non-hydrogen) atoms. The van der Waals surface area contributed by atoms with E-state index in [0.717, 1.165) is 10.6 Å². The molecule has 0 bridgehead atoms. The molecule has 0 spiro atoms. The van der Waals surface area contributed by atoms with E-state index >= 15 is 0 Å². The molecule has 1 N–H and O–H groups in total. The van der Waals surface area contributed by atoms with E-state index < -0.39 is 20.0 Å². The normalized spacial score (nSPS) is 11.8. The number of amides is 1. The van der Waals surface area contributed by atoms with Gasteiger partial charge in [0, 0.05) is 27.1 Å². The van der Waals surface area contributed by atoms with E-state index in [1.54, 1.807) is 36.4 Å². The van der Waals surface area contributed by atoms with Crippen LogP contribution in [0.25, 0.3) is 0 Å². The lowest BCUT2D eigenvalue weighted by Gasteiger charge is -2.22. The number of carbonyl (C=O) groups is 1. The summed E-state index contributed by atoms with van der Waals surface area (Å²) in [5.41, 5.74) is 0.508. The fraction of sp³-hybridized carbons (Fsp3) is 0.435. The molecule has 0 aliphatic heterocycles. The SMILES string of the molecule is CCOc1ccc(N(CCCC(=O)NCCOc2ccc(S(=O)(=O)N(C)C)cc2)S(C)(=O)=O)cc1. The zero-order valence-corrected chi connectivity index (χ0v) is 22.1. The number of sulfonamides is 2. The number of carbonyl (C=O) groups excluding carboxylic acids is 1. The van der Waals surface area contributed by atoms with Gasteiger partial charge in [-0.2, -0.15) is 0 Å². The van der Waals surface area contributed by atoms with Gasteiger partial charge in [-0.3, -0.25) is 9.10 Å². The Morgan fingerprint density at radius 3 is 2.03 bits per heavy atom. The molecule has 0 saturated carbocycles. The molecule has 10 nitrogen and oxygen atoms in total. The number of nitrogens with one attached hydrogen (secondary N) is 1. The zero-order chi connectivity index (χ0) is 26.1. The van der Waals surface area contributed by atoms with Gasteiger partial charge in [0.05, 0.1) is 30.0 Å². The van der Waals surface area contributed by atoms with E-state index in [4.69, 9.17) is 9.47 Å². The van der Waals surface area contributed by atoms with Crippen molar-refractivity contribution >= 4 is 31.6 Å². The first-order valence-corrected chi connectivity index (χ1v) is 14.4. The molecular weight excluding hydrogens is 494 g/mol. The van der Waals surface area contributed by atoms with Gasteiger partial charge in [-0.25, -0.2) is 21.1 Å². The average molecular weight is 528 g/mol. The first-order chi connectivity index (χ1) is 16.4. The Morgan fingerprint density at radius 1 is 0.914 bits per heavy atom. The maximum absolute atomic E-state index is 12.2. The number of ether oxygens (including phenoxy) is 2. The molecular formula is C23H33N3O7S2. The molecule has 0 fully saturated rings. The zero-order valence-electron chi connectivity index (χ0n) is 20.4. The summed E-state index contributed by atoms with van der Waals surface area (Å²) in [4.78, 5) is 12.3. The van der Waals surface area contributed by atoms with Crippen molar-refractivity contribution in [3.05, 3.63) is 48.5 Å². The van der Waals surface area contributed by atoms with Crippen molar-refractivity contribution < 1.29 is 31.1 Å². The second-order valence-corrected chi connectivity index (χ2v) is 11.9. The van der Waals surface area contributed by atoms with Crippen molar-refractivity contribution in [1.82, 2.24) is 9.62 Å². The van der Waals surface area contributed by atoms with Crippen LogP contribution in [0.3, 0.4) is 0 Å². The molecule has 12 heteroatoms. The van der Waals surface area contributed by atoms with Crippen LogP contribution in [0.5, 0.6) is 11.5 Å². The highest BCUT2D eigenvalue weighted by Gasteiger charge is 2.18. The molecule has 2 aromatic carbocycles. The number of anilines is 1. The van der Waals surface area contributed by atoms with Crippen LogP contribution in [0.4, 0.5) is 5.69 Å². The van der Waals surface area contributed by atoms with Crippen molar-refractivity contribution in [2.45, 2.75) is 24.7 Å². The Bertz CT molecular complexity index is 1160. The summed E-state index contributed by atoms with van der Waals surface area (Å²) in [6, 6.07) is 12.8. The minimum absolute atomic E-state index is 0.153. The summed E-state index contributed by atoms with van der Waals surface area (Å²) in [6.07, 6.45) is 1.62. The summed E-state index contributed by atoms with van der Waals surface area (Å²) >= 11 is 0. The van der Waals surface area contributed by atoms with E-state index in [9.17, 15) is 21.6 Å². The summed E-state index contributed by atoms with van der Waals surface area (Å²) in [5.74, 6) is 0.915. The second kappa shape index (κ2) is 12.8. The van der Waals surface area contributed by atoms with Gasteiger partial charge < -0.3 is 14.8 Å². The van der Waals surface area contributed by atoms with Crippen molar-refractivity contribution in [2.24, 2.45) is 0 Å². The van der Waals surface area contributed by atoms with E-state index in [1.165, 1.54) is 30.5 Å². The molecule has 0 radical (unpaired) electrons. The minimum atomic E-state index is -3.51. The van der Waals surface area contributed by atoms with Gasteiger partial charge in [-0.05, 0) is 61.9 Å². The molecule has 2 rings (SSSR count). The number of hydrogen-bond acceptors (Lipinski definition) is 7. The predicted octanol–water partition coefficient (Wildman–Crippen LogP) is 2.08. The lowest BCUT2D eigenvalue weighted by Crippen LogP contribution is -2.32. The van der Waals surface area contributed by atoms with Crippen LogP contribution >= 0.6 is 0 Å². The Kier molecular flexibility index (Phi) is 10.3. The molecule has 0 aliphatic carbocycles. The van der Waals surface area contributed by atoms with Crippen LogP contribution in [-0.2, 0) is 24.8 Å². The summed E-state index contributed by atoms with van der Waals surface area (Å²) in [6.45, 7) is 3.01. The third-order valence-corrected chi connectivity index (χ3v) is 7.92. The van der Waals surface area contributed by atoms with Crippen molar-refractivity contribution in [2.75, 3.05) is 51.0 Å². The van der Waals surface area contributed by atoms with Gasteiger partial charge in [0.1, 0.15) is 18.1 Å². The third-order valence-electron chi connectivity index (χ3n) is 4.90. The van der Waals surface area contributed by atoms with Crippen LogP contribution in [0.15, 0.2) is 53.4 Å². The predicted molar refractivity (Wildman–Crippen MR) is 135 cm³/mol. The standard InChI is InChI=1S/C23H33N3O7S2/c1-5-32-20-10-8-19(9-11-20)26(34(4,28)29)17-6-7-23(27)24-16-18-33-21-12-14-22(15-13-21)35(30,31)25(2)3/h8-15H,5-7,16-18H2,1-4H3,(H,24,27). The largest absolute Gasteiger partial charge is 0.494 e. The Hall–Kier alpha value is -2.83. The summed E-state index contributed by atoms with van der Waals surface area (Å²) in [5, 5.41) is 2.73. The Morgan fingerprint density at radius 2 is 1.49 bits per heavy atom. The van der Waals surface area contributed by atoms with Crippen LogP contribution in [-0.4, -0.2) is 73.7 Å². The highest BCUT2D eigenvalue weighted by atomic mass is 32.2. The number of nitrogens with zero attached hydrogens (tertiary/aromatic N) is 2. The monoisotopic (exact) mass is 527 g/mol. The Labute approximate surface area is 207 Å². The van der Waals surface area contributed by atoms with Gasteiger partial charge in [0.2, 0.25) is 26.0 Å². The van der Waals surface area contributed by atoms with Gasteiger partial charge in [-0.15, -0.1) is 0 Å². The molecule has 0 unspecified atom stereocenters. The van der Waals surface area contributed by atoms with Gasteiger partial charge in [0.25, 0.3) is 0 Å². The van der Waals surface area contributed by atoms with E-state index in [-0.39, 0.29) is 36.9 Å². The van der Waals surface area contributed by atoms with Crippen molar-refractivity contribution in [3.63, 3.8) is 0 Å². The molecule has 0 heterocycles. The lowest BCUT2D eigenvalue weighted by atomic mass is 10.2. The first-order valence-electron chi connectivity index (χ1n) is 11.1. The maximum Gasteiger partial charge on any atom is 0.242 e. The van der Waals surface area contributed by atoms with Crippen LogP contribution in [0.1, 0.15) is 19.8 Å². The molecule has 1 amide bonds. The highest BCUT2D eigenvalue weighted by molar-refractivity contribution is 7.92. The van der Waals surface area contributed by atoms with Crippen molar-refractivity contribution in [1.29, 1.82) is 0 Å². The van der Waals surface area contributed by atoms with Crippen LogP contribution in [0, 0.1) is 0 Å². The molecule has 0 saturated heterocycles. The Balaban J connectivity index is 1.77. The minimum Gasteiger partial charge on any atom is -0.494 e. The lowest BCUT2D eigenvalue weighted by molar-refractivity contribution is -0.121. The summed E-state index contributed by atoms with van der Waals surface area (Å²) in [7, 11) is -4.09. The average Bonchev–Trinajstić information content (AvgIpc) is 2.80. The summed E-state index contributed by atoms with van der Waals surface area (Å²) < 4.78 is 61.9. The third kappa shape index (κ3) is 8.71. The molecule has 194 valence electrons. The fourth-order valence-electron chi connectivity index (χ4n) is 3.11. The highest BCUT2D eigenvalue weighted by Crippen LogP contribution is 2.22. The fourth-order valence-corrected chi connectivity index (χ4v) is 4.98. The van der Waals surface area contributed by atoms with E-state index in [1.807, 2.05) is 6.92 Å². The second-order valence-electron chi connectivity index (χ2n) is 7.82. The van der Waals surface area contributed by atoms with Gasteiger partial charge >= 0.3 is 0 Å². The molecule has 0 aliphatic rings. The van der Waals surface area contributed by atoms with Gasteiger partial charge in [-0.1, -0.05) is 0 Å². The van der Waals surface area contributed by atoms with Crippen molar-refractivity contribution in [3.8, 4) is 11.5 Å². The number of rotatable bonds is 14. The molecule has 2 aromatic rings. The number of hydrogen-bond donors (Lipinski definition) is 1.